The van der Waals surface area contributed by atoms with Crippen molar-refractivity contribution in [2.75, 3.05) is 51.3 Å². The summed E-state index contributed by atoms with van der Waals surface area (Å²) in [6, 6.07) is 13.0. The minimum atomic E-state index is -4.68. The Labute approximate surface area is 267 Å². The highest BCUT2D eigenvalue weighted by Crippen LogP contribution is 2.50. The first-order valence-corrected chi connectivity index (χ1v) is 16.3. The number of rotatable bonds is 8. The number of nitrogens with zero attached hydrogens (tertiary/aromatic N) is 4. The number of methoxy groups -OCH3 is 2. The Morgan fingerprint density at radius 2 is 1.85 bits per heavy atom. The van der Waals surface area contributed by atoms with Crippen LogP contribution in [0.15, 0.2) is 59.6 Å². The molecule has 46 heavy (non-hydrogen) atoms. The molecule has 13 nitrogen and oxygen atoms in total. The molecule has 3 aliphatic rings. The summed E-state index contributed by atoms with van der Waals surface area (Å²) in [6.45, 7) is 4.63. The van der Waals surface area contributed by atoms with Gasteiger partial charge >= 0.3 is 6.03 Å². The molecular weight excluding hydrogens is 612 g/mol. The Morgan fingerprint density at radius 1 is 1.09 bits per heavy atom. The summed E-state index contributed by atoms with van der Waals surface area (Å²) in [5, 5.41) is 16.1. The SMILES string of the molecule is CCOc1ncccc1C1(NC(=O)N2CC3(CCNCC3)C2)C(=O)N(S(=O)(=O)c2ccc(OC)cc2OC)c2ccc(C#N)cc21. The van der Waals surface area contributed by atoms with E-state index in [0.29, 0.717) is 23.1 Å². The molecule has 2 N–H and O–H groups in total. The van der Waals surface area contributed by atoms with Gasteiger partial charge in [-0.15, -0.1) is 0 Å². The summed E-state index contributed by atoms with van der Waals surface area (Å²) in [6.07, 6.45) is 3.31. The van der Waals surface area contributed by atoms with Crippen molar-refractivity contribution in [1.29, 1.82) is 5.26 Å². The highest BCUT2D eigenvalue weighted by molar-refractivity contribution is 7.93. The zero-order valence-electron chi connectivity index (χ0n) is 25.7. The molecule has 1 spiro atoms. The van der Waals surface area contributed by atoms with Gasteiger partial charge in [0.25, 0.3) is 15.9 Å². The van der Waals surface area contributed by atoms with Crippen molar-refractivity contribution in [3.63, 3.8) is 0 Å². The van der Waals surface area contributed by atoms with Crippen molar-refractivity contribution < 1.29 is 32.2 Å². The number of piperidine rings is 1. The zero-order valence-corrected chi connectivity index (χ0v) is 26.5. The fourth-order valence-electron chi connectivity index (χ4n) is 6.58. The maximum Gasteiger partial charge on any atom is 0.318 e. The number of ether oxygens (including phenoxy) is 3. The summed E-state index contributed by atoms with van der Waals surface area (Å²) in [5.41, 5.74) is -1.79. The van der Waals surface area contributed by atoms with Gasteiger partial charge in [-0.1, -0.05) is 0 Å². The smallest absolute Gasteiger partial charge is 0.318 e. The number of nitriles is 1. The molecule has 0 radical (unpaired) electrons. The number of likely N-dealkylation sites (tertiary alicyclic amines) is 1. The van der Waals surface area contributed by atoms with E-state index < -0.39 is 27.5 Å². The van der Waals surface area contributed by atoms with Gasteiger partial charge in [0.1, 0.15) is 16.4 Å². The fraction of sp³-hybridized carbons (Fsp3) is 0.375. The van der Waals surface area contributed by atoms with Crippen LogP contribution in [0.1, 0.15) is 36.5 Å². The number of amides is 3. The predicted octanol–water partition coefficient (Wildman–Crippen LogP) is 2.74. The molecule has 0 saturated carbocycles. The van der Waals surface area contributed by atoms with Gasteiger partial charge in [0.2, 0.25) is 5.88 Å². The molecule has 2 aromatic carbocycles. The van der Waals surface area contributed by atoms with E-state index in [1.807, 2.05) is 0 Å². The van der Waals surface area contributed by atoms with Crippen LogP contribution in [-0.2, 0) is 20.4 Å². The van der Waals surface area contributed by atoms with Gasteiger partial charge in [-0.05, 0) is 75.3 Å². The van der Waals surface area contributed by atoms with Crippen molar-refractivity contribution in [3.05, 3.63) is 71.4 Å². The van der Waals surface area contributed by atoms with Crippen LogP contribution in [-0.4, -0.2) is 77.2 Å². The number of nitrogens with one attached hydrogen (secondary N) is 2. The highest BCUT2D eigenvalue weighted by atomic mass is 32.2. The third-order valence-corrected chi connectivity index (χ3v) is 10.6. The lowest BCUT2D eigenvalue weighted by molar-refractivity contribution is -0.121. The number of carbonyl (C=O) groups excluding carboxylic acids is 2. The molecular formula is C32H34N6O7S. The van der Waals surface area contributed by atoms with E-state index in [2.05, 4.69) is 21.7 Å². The van der Waals surface area contributed by atoms with Crippen LogP contribution >= 0.6 is 0 Å². The Bertz CT molecular complexity index is 1850. The van der Waals surface area contributed by atoms with E-state index in [1.54, 1.807) is 24.0 Å². The lowest BCUT2D eigenvalue weighted by Gasteiger charge is -2.52. The first-order chi connectivity index (χ1) is 22.1. The highest BCUT2D eigenvalue weighted by Gasteiger charge is 2.60. The number of benzene rings is 2. The number of carbonyl (C=O) groups is 2. The number of sulfonamides is 1. The number of anilines is 1. The molecule has 3 aliphatic heterocycles. The van der Waals surface area contributed by atoms with Crippen LogP contribution in [0.3, 0.4) is 0 Å². The standard InChI is InChI=1S/C32H34N6O7S/c1-4-45-28-23(6-5-13-35-28)32(36-30(40)37-19-31(20-37)11-14-34-15-12-31)24-16-21(18-33)7-9-25(24)38(29(32)39)46(41,42)27-10-8-22(43-2)17-26(27)44-3/h5-10,13,16-17,34H,4,11-12,14-15,19-20H2,1-3H3,(H,36,40). The third kappa shape index (κ3) is 4.87. The van der Waals surface area contributed by atoms with Gasteiger partial charge in [-0.25, -0.2) is 18.2 Å². The summed E-state index contributed by atoms with van der Waals surface area (Å²) in [5.74, 6) is -0.656. The molecule has 1 atom stereocenters. The van der Waals surface area contributed by atoms with Gasteiger partial charge in [0, 0.05) is 36.3 Å². The van der Waals surface area contributed by atoms with Crippen LogP contribution in [0.2, 0.25) is 0 Å². The summed E-state index contributed by atoms with van der Waals surface area (Å²) in [7, 11) is -1.93. The second-order valence-electron chi connectivity index (χ2n) is 11.5. The van der Waals surface area contributed by atoms with Crippen LogP contribution in [0.5, 0.6) is 17.4 Å². The molecule has 1 aromatic heterocycles. The molecule has 2 saturated heterocycles. The van der Waals surface area contributed by atoms with Crippen LogP contribution in [0, 0.1) is 16.7 Å². The average molecular weight is 647 g/mol. The second-order valence-corrected chi connectivity index (χ2v) is 13.3. The minimum absolute atomic E-state index is 0.00754. The normalized spacial score (nSPS) is 20.0. The van der Waals surface area contributed by atoms with Crippen LogP contribution < -0.4 is 29.1 Å². The second kappa shape index (κ2) is 11.8. The lowest BCUT2D eigenvalue weighted by atomic mass is 9.72. The first-order valence-electron chi connectivity index (χ1n) is 14.9. The Hall–Kier alpha value is -4.87. The molecule has 1 unspecified atom stereocenters. The van der Waals surface area contributed by atoms with E-state index in [4.69, 9.17) is 14.2 Å². The van der Waals surface area contributed by atoms with Crippen molar-refractivity contribution in [1.82, 2.24) is 20.5 Å². The molecule has 2 fully saturated rings. The van der Waals surface area contributed by atoms with E-state index in [0.717, 1.165) is 25.9 Å². The summed E-state index contributed by atoms with van der Waals surface area (Å²) < 4.78 is 46.1. The van der Waals surface area contributed by atoms with Gasteiger partial charge in [0.05, 0.1) is 43.7 Å². The zero-order chi connectivity index (χ0) is 32.7. The van der Waals surface area contributed by atoms with Gasteiger partial charge in [-0.3, -0.25) is 4.79 Å². The first kappa shape index (κ1) is 31.1. The molecule has 14 heteroatoms. The molecule has 3 aromatic rings. The summed E-state index contributed by atoms with van der Waals surface area (Å²) >= 11 is 0. The topological polar surface area (TPSA) is 163 Å². The fourth-order valence-corrected chi connectivity index (χ4v) is 8.19. The maximum absolute atomic E-state index is 15.0. The predicted molar refractivity (Wildman–Crippen MR) is 166 cm³/mol. The molecule has 240 valence electrons. The van der Waals surface area contributed by atoms with Gasteiger partial charge in [-0.2, -0.15) is 9.57 Å². The van der Waals surface area contributed by atoms with E-state index in [-0.39, 0.29) is 50.9 Å². The van der Waals surface area contributed by atoms with Crippen molar-refractivity contribution in [2.45, 2.75) is 30.2 Å². The molecule has 3 amide bonds. The van der Waals surface area contributed by atoms with E-state index >= 15 is 4.79 Å². The number of hydrogen-bond donors (Lipinski definition) is 2. The van der Waals surface area contributed by atoms with Crippen molar-refractivity contribution in [3.8, 4) is 23.4 Å². The number of pyridine rings is 1. The Morgan fingerprint density at radius 3 is 2.52 bits per heavy atom. The maximum atomic E-state index is 15.0. The molecule has 0 aliphatic carbocycles. The number of fused-ring (bicyclic) bond motifs is 1. The third-order valence-electron chi connectivity index (χ3n) is 8.90. The number of hydrogen-bond acceptors (Lipinski definition) is 10. The Kier molecular flexibility index (Phi) is 7.99. The van der Waals surface area contributed by atoms with E-state index in [1.165, 1.54) is 56.8 Å². The number of aromatic nitrogens is 1. The minimum Gasteiger partial charge on any atom is -0.497 e. The molecule has 6 rings (SSSR count). The van der Waals surface area contributed by atoms with Gasteiger partial charge < -0.3 is 29.7 Å². The Balaban J connectivity index is 1.53. The van der Waals surface area contributed by atoms with Gasteiger partial charge in [0.15, 0.2) is 5.54 Å². The summed E-state index contributed by atoms with van der Waals surface area (Å²) in [4.78, 5) is 34.8. The quantitative estimate of drug-likeness (QED) is 0.372. The van der Waals surface area contributed by atoms with Crippen LogP contribution in [0.25, 0.3) is 0 Å². The van der Waals surface area contributed by atoms with E-state index in [9.17, 15) is 18.5 Å². The van der Waals surface area contributed by atoms with Crippen molar-refractivity contribution >= 4 is 27.6 Å². The lowest BCUT2D eigenvalue weighted by Crippen LogP contribution is -2.66. The molecule has 4 heterocycles. The number of urea groups is 1. The van der Waals surface area contributed by atoms with Crippen molar-refractivity contribution in [2.24, 2.45) is 5.41 Å². The average Bonchev–Trinajstić information content (AvgIpc) is 3.31. The largest absolute Gasteiger partial charge is 0.497 e. The monoisotopic (exact) mass is 646 g/mol. The molecule has 0 bridgehead atoms. The van der Waals surface area contributed by atoms with Crippen LogP contribution in [0.4, 0.5) is 10.5 Å².